The molecule has 2 rings (SSSR count). The Labute approximate surface area is 208 Å². The van der Waals surface area contributed by atoms with E-state index < -0.39 is 60.2 Å². The zero-order valence-corrected chi connectivity index (χ0v) is 19.7. The van der Waals surface area contributed by atoms with Crippen molar-refractivity contribution in [3.8, 4) is 0 Å². The molecule has 192 valence electrons. The van der Waals surface area contributed by atoms with E-state index in [0.717, 1.165) is 0 Å². The average Bonchev–Trinajstić information content (AvgIpc) is 2.83. The molecule has 0 aromatic heterocycles. The molecular formula is C25H30N4O7. The second-order valence-corrected chi connectivity index (χ2v) is 8.27. The molecule has 4 unspecified atom stereocenters. The summed E-state index contributed by atoms with van der Waals surface area (Å²) in [4.78, 5) is 60.8. The normalized spacial score (nSPS) is 13.9. The van der Waals surface area contributed by atoms with Crippen molar-refractivity contribution in [3.05, 3.63) is 71.8 Å². The van der Waals surface area contributed by atoms with Gasteiger partial charge in [0.25, 0.3) is 0 Å². The van der Waals surface area contributed by atoms with Gasteiger partial charge in [-0.3, -0.25) is 24.0 Å². The summed E-state index contributed by atoms with van der Waals surface area (Å²) in [6.07, 6.45) is -0.518. The maximum atomic E-state index is 13.3. The number of amides is 3. The van der Waals surface area contributed by atoms with Crippen LogP contribution in [0, 0.1) is 0 Å². The summed E-state index contributed by atoms with van der Waals surface area (Å²) in [6.45, 7) is 1.30. The molecule has 0 bridgehead atoms. The quantitative estimate of drug-likeness (QED) is 0.219. The van der Waals surface area contributed by atoms with Gasteiger partial charge in [0.1, 0.15) is 18.1 Å². The molecule has 0 heterocycles. The highest BCUT2D eigenvalue weighted by atomic mass is 16.4. The van der Waals surface area contributed by atoms with Gasteiger partial charge in [-0.25, -0.2) is 0 Å². The van der Waals surface area contributed by atoms with Gasteiger partial charge in [0.2, 0.25) is 17.7 Å². The second-order valence-electron chi connectivity index (χ2n) is 8.27. The standard InChI is InChI=1S/C25H30N4O7/c1-15(25(35)36)27-23(33)19(12-16-8-4-2-5-9-16)29-24(34)20(13-17-10-6-3-7-11-17)28-22(32)18(26)14-21(30)31/h2-11,15,18-20H,12-14,26H2,1H3,(H,27,33)(H,28,32)(H,29,34)(H,30,31)(H,35,36). The molecule has 11 nitrogen and oxygen atoms in total. The van der Waals surface area contributed by atoms with Crippen molar-refractivity contribution < 1.29 is 34.2 Å². The Hall–Kier alpha value is -4.25. The fraction of sp³-hybridized carbons (Fsp3) is 0.320. The number of hydrogen-bond acceptors (Lipinski definition) is 6. The molecule has 0 fully saturated rings. The number of nitrogens with one attached hydrogen (secondary N) is 3. The fourth-order valence-electron chi connectivity index (χ4n) is 3.33. The number of benzene rings is 2. The van der Waals surface area contributed by atoms with E-state index in [1.165, 1.54) is 6.92 Å². The van der Waals surface area contributed by atoms with Gasteiger partial charge in [0.15, 0.2) is 0 Å². The van der Waals surface area contributed by atoms with Crippen LogP contribution in [0.3, 0.4) is 0 Å². The predicted molar refractivity (Wildman–Crippen MR) is 130 cm³/mol. The highest BCUT2D eigenvalue weighted by molar-refractivity contribution is 5.95. The van der Waals surface area contributed by atoms with Crippen LogP contribution in [0.1, 0.15) is 24.5 Å². The maximum Gasteiger partial charge on any atom is 0.325 e. The number of carbonyl (C=O) groups excluding carboxylic acids is 3. The third kappa shape index (κ3) is 9.18. The Morgan fingerprint density at radius 2 is 1.14 bits per heavy atom. The molecule has 11 heteroatoms. The number of hydrogen-bond donors (Lipinski definition) is 6. The van der Waals surface area contributed by atoms with Gasteiger partial charge in [-0.1, -0.05) is 60.7 Å². The number of nitrogens with two attached hydrogens (primary N) is 1. The lowest BCUT2D eigenvalue weighted by molar-refractivity contribution is -0.141. The van der Waals surface area contributed by atoms with Crippen molar-refractivity contribution in [3.63, 3.8) is 0 Å². The van der Waals surface area contributed by atoms with Crippen molar-refractivity contribution in [1.29, 1.82) is 0 Å². The van der Waals surface area contributed by atoms with Crippen molar-refractivity contribution in [2.75, 3.05) is 0 Å². The second kappa shape index (κ2) is 13.6. The molecule has 3 amide bonds. The largest absolute Gasteiger partial charge is 0.481 e. The molecule has 0 aliphatic rings. The van der Waals surface area contributed by atoms with Crippen LogP contribution in [-0.4, -0.2) is 64.0 Å². The van der Waals surface area contributed by atoms with Gasteiger partial charge in [-0.2, -0.15) is 0 Å². The Bertz CT molecular complexity index is 1060. The van der Waals surface area contributed by atoms with E-state index in [4.69, 9.17) is 15.9 Å². The van der Waals surface area contributed by atoms with Gasteiger partial charge in [0, 0.05) is 12.8 Å². The summed E-state index contributed by atoms with van der Waals surface area (Å²) in [7, 11) is 0. The molecular weight excluding hydrogens is 468 g/mol. The Kier molecular flexibility index (Phi) is 10.6. The molecule has 7 N–H and O–H groups in total. The highest BCUT2D eigenvalue weighted by Gasteiger charge is 2.30. The van der Waals surface area contributed by atoms with Crippen LogP contribution in [0.25, 0.3) is 0 Å². The molecule has 0 aliphatic carbocycles. The number of aliphatic carboxylic acids is 2. The molecule has 2 aromatic rings. The summed E-state index contributed by atoms with van der Waals surface area (Å²) in [6, 6.07) is 12.7. The van der Waals surface area contributed by atoms with Crippen molar-refractivity contribution in [2.45, 2.75) is 50.4 Å². The maximum absolute atomic E-state index is 13.3. The lowest BCUT2D eigenvalue weighted by atomic mass is 10.0. The van der Waals surface area contributed by atoms with Crippen LogP contribution in [-0.2, 0) is 36.8 Å². The molecule has 0 radical (unpaired) electrons. The minimum Gasteiger partial charge on any atom is -0.481 e. The van der Waals surface area contributed by atoms with Crippen LogP contribution in [0.5, 0.6) is 0 Å². The first-order valence-corrected chi connectivity index (χ1v) is 11.3. The minimum atomic E-state index is -1.38. The first-order valence-electron chi connectivity index (χ1n) is 11.3. The molecule has 0 aliphatic heterocycles. The summed E-state index contributed by atoms with van der Waals surface area (Å²) in [5.41, 5.74) is 7.07. The van der Waals surface area contributed by atoms with Gasteiger partial charge in [-0.05, 0) is 18.1 Å². The van der Waals surface area contributed by atoms with Gasteiger partial charge < -0.3 is 31.9 Å². The smallest absolute Gasteiger partial charge is 0.325 e. The van der Waals surface area contributed by atoms with Crippen LogP contribution in [0.2, 0.25) is 0 Å². The number of carboxylic acid groups (broad SMARTS) is 2. The van der Waals surface area contributed by atoms with Gasteiger partial charge >= 0.3 is 11.9 Å². The van der Waals surface area contributed by atoms with Crippen molar-refractivity contribution in [1.82, 2.24) is 16.0 Å². The molecule has 4 atom stereocenters. The Balaban J connectivity index is 2.26. The molecule has 2 aromatic carbocycles. The van der Waals surface area contributed by atoms with Crippen molar-refractivity contribution >= 4 is 29.7 Å². The number of carboxylic acids is 2. The SMILES string of the molecule is CC(NC(=O)C(Cc1ccccc1)NC(=O)C(Cc1ccccc1)NC(=O)C(N)CC(=O)O)C(=O)O. The third-order valence-electron chi connectivity index (χ3n) is 5.29. The van der Waals surface area contributed by atoms with Gasteiger partial charge in [-0.15, -0.1) is 0 Å². The number of rotatable bonds is 13. The summed E-state index contributed by atoms with van der Waals surface area (Å²) in [5, 5.41) is 25.5. The number of carbonyl (C=O) groups is 5. The van der Waals surface area contributed by atoms with Crippen LogP contribution in [0.15, 0.2) is 60.7 Å². The van der Waals surface area contributed by atoms with E-state index in [0.29, 0.717) is 11.1 Å². The summed E-state index contributed by atoms with van der Waals surface area (Å²) < 4.78 is 0. The third-order valence-corrected chi connectivity index (χ3v) is 5.29. The average molecular weight is 499 g/mol. The van der Waals surface area contributed by atoms with Crippen molar-refractivity contribution in [2.24, 2.45) is 5.73 Å². The minimum absolute atomic E-state index is 0.0450. The van der Waals surface area contributed by atoms with E-state index >= 15 is 0 Å². The van der Waals surface area contributed by atoms with E-state index in [2.05, 4.69) is 16.0 Å². The highest BCUT2D eigenvalue weighted by Crippen LogP contribution is 2.08. The monoisotopic (exact) mass is 498 g/mol. The topological polar surface area (TPSA) is 188 Å². The van der Waals surface area contributed by atoms with Crippen LogP contribution < -0.4 is 21.7 Å². The fourth-order valence-corrected chi connectivity index (χ4v) is 3.33. The lowest BCUT2D eigenvalue weighted by Crippen LogP contribution is -2.58. The zero-order chi connectivity index (χ0) is 26.7. The van der Waals surface area contributed by atoms with E-state index in [9.17, 15) is 24.0 Å². The molecule has 0 saturated heterocycles. The Morgan fingerprint density at radius 3 is 1.56 bits per heavy atom. The Morgan fingerprint density at radius 1 is 0.722 bits per heavy atom. The van der Waals surface area contributed by atoms with E-state index in [1.54, 1.807) is 60.7 Å². The molecule has 0 spiro atoms. The molecule has 0 saturated carbocycles. The van der Waals surface area contributed by atoms with E-state index in [-0.39, 0.29) is 12.8 Å². The van der Waals surface area contributed by atoms with Crippen LogP contribution in [0.4, 0.5) is 0 Å². The lowest BCUT2D eigenvalue weighted by Gasteiger charge is -2.25. The summed E-state index contributed by atoms with van der Waals surface area (Å²) in [5.74, 6) is -4.77. The first kappa shape index (κ1) is 28.0. The van der Waals surface area contributed by atoms with E-state index in [1.807, 2.05) is 0 Å². The summed E-state index contributed by atoms with van der Waals surface area (Å²) >= 11 is 0. The predicted octanol–water partition coefficient (Wildman–Crippen LogP) is -0.167. The van der Waals surface area contributed by atoms with Crippen LogP contribution >= 0.6 is 0 Å². The first-order chi connectivity index (χ1) is 17.1. The zero-order valence-electron chi connectivity index (χ0n) is 19.7. The molecule has 36 heavy (non-hydrogen) atoms. The van der Waals surface area contributed by atoms with Gasteiger partial charge in [0.05, 0.1) is 12.5 Å².